The number of hydrogen-bond acceptors (Lipinski definition) is 2. The van der Waals surface area contributed by atoms with E-state index in [0.29, 0.717) is 6.42 Å². The van der Waals surface area contributed by atoms with Crippen molar-refractivity contribution in [1.82, 2.24) is 0 Å². The third kappa shape index (κ3) is 1.10. The van der Waals surface area contributed by atoms with Crippen molar-refractivity contribution in [1.29, 1.82) is 0 Å². The van der Waals surface area contributed by atoms with Gasteiger partial charge in [0.05, 0.1) is 11.7 Å². The topological polar surface area (TPSA) is 40.5 Å². The minimum Gasteiger partial charge on any atom is -0.390 e. The normalized spacial score (nSPS) is 27.0. The highest BCUT2D eigenvalue weighted by Crippen LogP contribution is 2.35. The van der Waals surface area contributed by atoms with E-state index in [0.717, 1.165) is 19.3 Å². The van der Waals surface area contributed by atoms with Gasteiger partial charge >= 0.3 is 0 Å². The summed E-state index contributed by atoms with van der Waals surface area (Å²) >= 11 is 0. The predicted octanol–water partition coefficient (Wildman–Crippen LogP) is 0.672. The molecule has 1 rings (SSSR count). The molecular formula is C7H14O2. The van der Waals surface area contributed by atoms with E-state index in [2.05, 4.69) is 0 Å². The molecule has 2 N–H and O–H groups in total. The largest absolute Gasteiger partial charge is 0.390 e. The van der Waals surface area contributed by atoms with Crippen molar-refractivity contribution in [3.05, 3.63) is 0 Å². The highest BCUT2D eigenvalue weighted by molar-refractivity contribution is 4.93. The van der Waals surface area contributed by atoms with Crippen LogP contribution in [0.25, 0.3) is 0 Å². The van der Waals surface area contributed by atoms with Gasteiger partial charge in [-0.25, -0.2) is 0 Å². The number of aliphatic hydroxyl groups excluding tert-OH is 1. The van der Waals surface area contributed by atoms with Gasteiger partial charge in [0.25, 0.3) is 0 Å². The van der Waals surface area contributed by atoms with Gasteiger partial charge in [0.1, 0.15) is 0 Å². The van der Waals surface area contributed by atoms with Crippen molar-refractivity contribution in [3.63, 3.8) is 0 Å². The summed E-state index contributed by atoms with van der Waals surface area (Å²) in [6.07, 6.45) is 2.79. The molecule has 0 saturated heterocycles. The maximum absolute atomic E-state index is 9.43. The molecule has 1 aliphatic rings. The highest BCUT2D eigenvalue weighted by Gasteiger charge is 2.40. The van der Waals surface area contributed by atoms with Crippen LogP contribution in [-0.4, -0.2) is 21.9 Å². The molecule has 0 spiro atoms. The summed E-state index contributed by atoms with van der Waals surface area (Å²) in [4.78, 5) is 0. The predicted molar refractivity (Wildman–Crippen MR) is 35.1 cm³/mol. The second-order valence-electron chi connectivity index (χ2n) is 2.88. The highest BCUT2D eigenvalue weighted by atomic mass is 16.3. The van der Waals surface area contributed by atoms with Crippen molar-refractivity contribution in [2.75, 3.05) is 0 Å². The fraction of sp³-hybridized carbons (Fsp3) is 1.00. The van der Waals surface area contributed by atoms with Crippen LogP contribution < -0.4 is 0 Å². The number of hydrogen-bond donors (Lipinski definition) is 2. The summed E-state index contributed by atoms with van der Waals surface area (Å²) in [5.74, 6) is 0. The maximum Gasteiger partial charge on any atom is 0.0905 e. The van der Waals surface area contributed by atoms with Crippen LogP contribution in [0.3, 0.4) is 0 Å². The quantitative estimate of drug-likeness (QED) is 0.577. The van der Waals surface area contributed by atoms with Crippen LogP contribution in [0.2, 0.25) is 0 Å². The van der Waals surface area contributed by atoms with Crippen LogP contribution in [0.5, 0.6) is 0 Å². The van der Waals surface area contributed by atoms with E-state index >= 15 is 0 Å². The lowest BCUT2D eigenvalue weighted by molar-refractivity contribution is -0.125. The molecule has 0 amide bonds. The lowest BCUT2D eigenvalue weighted by Gasteiger charge is -2.40. The van der Waals surface area contributed by atoms with Crippen LogP contribution in [0.1, 0.15) is 32.6 Å². The average Bonchev–Trinajstić information content (AvgIpc) is 1.81. The summed E-state index contributed by atoms with van der Waals surface area (Å²) in [7, 11) is 0. The molecule has 1 saturated carbocycles. The molecule has 0 radical (unpaired) electrons. The third-order valence-electron chi connectivity index (χ3n) is 2.23. The monoisotopic (exact) mass is 130 g/mol. The molecule has 0 aromatic rings. The second-order valence-corrected chi connectivity index (χ2v) is 2.88. The van der Waals surface area contributed by atoms with Gasteiger partial charge in [-0.3, -0.25) is 0 Å². The number of aliphatic hydroxyl groups is 2. The maximum atomic E-state index is 9.43. The Labute approximate surface area is 55.5 Å². The van der Waals surface area contributed by atoms with Crippen molar-refractivity contribution in [3.8, 4) is 0 Å². The Morgan fingerprint density at radius 3 is 2.22 bits per heavy atom. The zero-order chi connectivity index (χ0) is 6.91. The number of rotatable bonds is 2. The Kier molecular flexibility index (Phi) is 1.78. The molecular weight excluding hydrogens is 116 g/mol. The Hall–Kier alpha value is -0.0800. The minimum absolute atomic E-state index is 0.494. The van der Waals surface area contributed by atoms with E-state index in [1.54, 1.807) is 0 Å². The molecule has 1 atom stereocenters. The van der Waals surface area contributed by atoms with Crippen LogP contribution >= 0.6 is 0 Å². The lowest BCUT2D eigenvalue weighted by Crippen LogP contribution is -2.47. The van der Waals surface area contributed by atoms with E-state index in [1.165, 1.54) is 0 Å². The van der Waals surface area contributed by atoms with Crippen LogP contribution in [-0.2, 0) is 0 Å². The molecule has 0 aromatic heterocycles. The molecule has 2 nitrogen and oxygen atoms in total. The molecule has 1 fully saturated rings. The summed E-state index contributed by atoms with van der Waals surface area (Å²) in [6, 6.07) is 0. The average molecular weight is 130 g/mol. The fourth-order valence-electron chi connectivity index (χ4n) is 1.25. The van der Waals surface area contributed by atoms with Crippen molar-refractivity contribution >= 4 is 0 Å². The second kappa shape index (κ2) is 2.27. The van der Waals surface area contributed by atoms with Crippen molar-refractivity contribution in [2.24, 2.45) is 0 Å². The first kappa shape index (κ1) is 7.03. The van der Waals surface area contributed by atoms with Gasteiger partial charge in [0, 0.05) is 0 Å². The van der Waals surface area contributed by atoms with Gasteiger partial charge in [-0.2, -0.15) is 0 Å². The van der Waals surface area contributed by atoms with Gasteiger partial charge in [0.15, 0.2) is 0 Å². The van der Waals surface area contributed by atoms with Gasteiger partial charge in [0.2, 0.25) is 0 Å². The first-order chi connectivity index (χ1) is 4.19. The van der Waals surface area contributed by atoms with Gasteiger partial charge < -0.3 is 10.2 Å². The van der Waals surface area contributed by atoms with Crippen LogP contribution in [0.4, 0.5) is 0 Å². The zero-order valence-electron chi connectivity index (χ0n) is 5.80. The zero-order valence-corrected chi connectivity index (χ0v) is 5.80. The Bertz CT molecular complexity index is 97.1. The molecule has 0 heterocycles. The van der Waals surface area contributed by atoms with Gasteiger partial charge in [-0.1, -0.05) is 6.92 Å². The van der Waals surface area contributed by atoms with Crippen molar-refractivity contribution in [2.45, 2.75) is 44.3 Å². The van der Waals surface area contributed by atoms with E-state index in [9.17, 15) is 10.2 Å². The summed E-state index contributed by atoms with van der Waals surface area (Å²) in [5, 5.41) is 18.6. The molecule has 2 heteroatoms. The molecule has 0 aromatic carbocycles. The first-order valence-corrected chi connectivity index (χ1v) is 3.59. The summed E-state index contributed by atoms with van der Waals surface area (Å²) in [5.41, 5.74) is -0.714. The molecule has 54 valence electrons. The van der Waals surface area contributed by atoms with Gasteiger partial charge in [-0.05, 0) is 25.7 Å². The van der Waals surface area contributed by atoms with E-state index in [4.69, 9.17) is 0 Å². The van der Waals surface area contributed by atoms with Crippen LogP contribution in [0, 0.1) is 0 Å². The lowest BCUT2D eigenvalue weighted by atomic mass is 9.75. The standard InChI is InChI=1S/C7H14O2/c1-2-6(8)7(9)4-3-5-7/h6,8-9H,2-5H2,1H3. The SMILES string of the molecule is CCC(O)C1(O)CCC1. The fourth-order valence-corrected chi connectivity index (χ4v) is 1.25. The minimum atomic E-state index is -0.714. The first-order valence-electron chi connectivity index (χ1n) is 3.59. The Morgan fingerprint density at radius 2 is 2.11 bits per heavy atom. The molecule has 0 aliphatic heterocycles. The molecule has 1 aliphatic carbocycles. The molecule has 9 heavy (non-hydrogen) atoms. The molecule has 0 bridgehead atoms. The van der Waals surface area contributed by atoms with E-state index < -0.39 is 11.7 Å². The van der Waals surface area contributed by atoms with Crippen molar-refractivity contribution < 1.29 is 10.2 Å². The Morgan fingerprint density at radius 1 is 1.56 bits per heavy atom. The van der Waals surface area contributed by atoms with E-state index in [-0.39, 0.29) is 0 Å². The van der Waals surface area contributed by atoms with Gasteiger partial charge in [-0.15, -0.1) is 0 Å². The van der Waals surface area contributed by atoms with E-state index in [1.807, 2.05) is 6.92 Å². The summed E-state index contributed by atoms with van der Waals surface area (Å²) in [6.45, 7) is 1.89. The van der Waals surface area contributed by atoms with Crippen LogP contribution in [0.15, 0.2) is 0 Å². The smallest absolute Gasteiger partial charge is 0.0905 e. The Balaban J connectivity index is 2.38. The molecule has 1 unspecified atom stereocenters. The summed E-state index contributed by atoms with van der Waals surface area (Å²) < 4.78 is 0. The third-order valence-corrected chi connectivity index (χ3v) is 2.23.